The van der Waals surface area contributed by atoms with Crippen molar-refractivity contribution < 1.29 is 23.8 Å². The number of halogens is 2. The van der Waals surface area contributed by atoms with Gasteiger partial charge in [-0.05, 0) is 30.5 Å². The van der Waals surface area contributed by atoms with E-state index < -0.39 is 35.1 Å². The molecule has 0 spiro atoms. The Morgan fingerprint density at radius 1 is 1.52 bits per heavy atom. The van der Waals surface area contributed by atoms with Crippen LogP contribution in [0, 0.1) is 11.2 Å². The molecule has 1 aliphatic carbocycles. The summed E-state index contributed by atoms with van der Waals surface area (Å²) in [5.41, 5.74) is 2.23. The van der Waals surface area contributed by atoms with E-state index in [0.717, 1.165) is 6.07 Å². The van der Waals surface area contributed by atoms with Crippen LogP contribution in [0.4, 0.5) is 4.39 Å². The number of carbonyl (C=O) groups excluding carboxylic acids is 2. The standard InChI is InChI=1S/C14H15ClFNO4/c1-21-12(19)13(4-5-13)14(20,7-11(17)18)8-2-3-10(16)9(15)6-8/h2-3,6,20H,4-5,7H2,1H3,(H2,17,18). The lowest BCUT2D eigenvalue weighted by molar-refractivity contribution is -0.162. The van der Waals surface area contributed by atoms with E-state index in [1.54, 1.807) is 0 Å². The minimum absolute atomic E-state index is 0.163. The maximum absolute atomic E-state index is 13.3. The van der Waals surface area contributed by atoms with Crippen LogP contribution in [0.15, 0.2) is 18.2 Å². The SMILES string of the molecule is COC(=O)C1(C(O)(CC(N)=O)c2ccc(F)c(Cl)c2)CC1. The summed E-state index contributed by atoms with van der Waals surface area (Å²) in [6.45, 7) is 0. The van der Waals surface area contributed by atoms with E-state index in [9.17, 15) is 19.1 Å². The van der Waals surface area contributed by atoms with Gasteiger partial charge < -0.3 is 15.6 Å². The Hall–Kier alpha value is -1.66. The van der Waals surface area contributed by atoms with Crippen LogP contribution in [-0.4, -0.2) is 24.1 Å². The van der Waals surface area contributed by atoms with Gasteiger partial charge in [-0.1, -0.05) is 17.7 Å². The number of hydrogen-bond donors (Lipinski definition) is 2. The zero-order valence-electron chi connectivity index (χ0n) is 11.4. The summed E-state index contributed by atoms with van der Waals surface area (Å²) in [6, 6.07) is 3.55. The molecule has 0 aromatic heterocycles. The Kier molecular flexibility index (Phi) is 3.95. The molecular weight excluding hydrogens is 301 g/mol. The highest BCUT2D eigenvalue weighted by molar-refractivity contribution is 6.30. The minimum Gasteiger partial charge on any atom is -0.468 e. The highest BCUT2D eigenvalue weighted by Crippen LogP contribution is 2.60. The molecule has 7 heteroatoms. The van der Waals surface area contributed by atoms with Crippen molar-refractivity contribution in [3.8, 4) is 0 Å². The highest BCUT2D eigenvalue weighted by Gasteiger charge is 2.66. The van der Waals surface area contributed by atoms with Crippen LogP contribution in [0.3, 0.4) is 0 Å². The van der Waals surface area contributed by atoms with Crippen LogP contribution < -0.4 is 5.73 Å². The van der Waals surface area contributed by atoms with Crippen molar-refractivity contribution in [2.75, 3.05) is 7.11 Å². The molecule has 114 valence electrons. The van der Waals surface area contributed by atoms with Gasteiger partial charge in [0.2, 0.25) is 5.91 Å². The third-order valence-electron chi connectivity index (χ3n) is 3.95. The molecule has 0 bridgehead atoms. The van der Waals surface area contributed by atoms with Crippen LogP contribution in [0.2, 0.25) is 5.02 Å². The second-order valence-corrected chi connectivity index (χ2v) is 5.61. The summed E-state index contributed by atoms with van der Waals surface area (Å²) in [5, 5.41) is 10.8. The third kappa shape index (κ3) is 2.49. The average Bonchev–Trinajstić information content (AvgIpc) is 3.22. The van der Waals surface area contributed by atoms with E-state index in [-0.39, 0.29) is 10.6 Å². The van der Waals surface area contributed by atoms with E-state index in [1.807, 2.05) is 0 Å². The molecule has 1 aromatic rings. The quantitative estimate of drug-likeness (QED) is 0.806. The molecule has 1 fully saturated rings. The number of rotatable bonds is 5. The molecule has 1 atom stereocenters. The van der Waals surface area contributed by atoms with Crippen LogP contribution in [0.1, 0.15) is 24.8 Å². The van der Waals surface area contributed by atoms with Gasteiger partial charge in [-0.25, -0.2) is 4.39 Å². The smallest absolute Gasteiger partial charge is 0.315 e. The fraction of sp³-hybridized carbons (Fsp3) is 0.429. The van der Waals surface area contributed by atoms with E-state index in [4.69, 9.17) is 22.1 Å². The molecule has 1 aliphatic rings. The van der Waals surface area contributed by atoms with E-state index in [1.165, 1.54) is 19.2 Å². The predicted molar refractivity (Wildman–Crippen MR) is 72.8 cm³/mol. The lowest BCUT2D eigenvalue weighted by Crippen LogP contribution is -2.45. The molecule has 0 saturated heterocycles. The molecule has 21 heavy (non-hydrogen) atoms. The molecule has 1 unspecified atom stereocenters. The van der Waals surface area contributed by atoms with Gasteiger partial charge in [0.1, 0.15) is 16.8 Å². The van der Waals surface area contributed by atoms with E-state index >= 15 is 0 Å². The van der Waals surface area contributed by atoms with Crippen molar-refractivity contribution in [3.63, 3.8) is 0 Å². The van der Waals surface area contributed by atoms with E-state index in [2.05, 4.69) is 0 Å². The molecule has 1 aromatic carbocycles. The first-order valence-electron chi connectivity index (χ1n) is 6.31. The second kappa shape index (κ2) is 5.27. The Morgan fingerprint density at radius 3 is 2.57 bits per heavy atom. The lowest BCUT2D eigenvalue weighted by atomic mass is 9.75. The number of carbonyl (C=O) groups is 2. The first kappa shape index (κ1) is 15.7. The second-order valence-electron chi connectivity index (χ2n) is 5.21. The summed E-state index contributed by atoms with van der Waals surface area (Å²) in [5.74, 6) is -2.08. The summed E-state index contributed by atoms with van der Waals surface area (Å²) in [7, 11) is 1.20. The molecule has 1 saturated carbocycles. The van der Waals surface area contributed by atoms with Gasteiger partial charge in [-0.2, -0.15) is 0 Å². The van der Waals surface area contributed by atoms with Gasteiger partial charge in [0, 0.05) is 0 Å². The average molecular weight is 316 g/mol. The number of aliphatic hydroxyl groups is 1. The van der Waals surface area contributed by atoms with Gasteiger partial charge in [-0.15, -0.1) is 0 Å². The number of esters is 1. The van der Waals surface area contributed by atoms with Crippen molar-refractivity contribution >= 4 is 23.5 Å². The maximum Gasteiger partial charge on any atom is 0.315 e. The minimum atomic E-state index is -1.87. The topological polar surface area (TPSA) is 89.6 Å². The number of amides is 1. The lowest BCUT2D eigenvalue weighted by Gasteiger charge is -2.34. The normalized spacial score (nSPS) is 18.7. The number of methoxy groups -OCH3 is 1. The summed E-state index contributed by atoms with van der Waals surface area (Å²) in [6.07, 6.45) is 0.209. The van der Waals surface area contributed by atoms with Gasteiger partial charge in [0.15, 0.2) is 0 Å². The molecule has 3 N–H and O–H groups in total. The molecule has 2 rings (SSSR count). The summed E-state index contributed by atoms with van der Waals surface area (Å²) in [4.78, 5) is 23.3. The van der Waals surface area contributed by atoms with Crippen molar-refractivity contribution in [3.05, 3.63) is 34.6 Å². The van der Waals surface area contributed by atoms with Crippen LogP contribution in [0.5, 0.6) is 0 Å². The molecule has 0 aliphatic heterocycles. The Bertz CT molecular complexity index is 603. The van der Waals surface area contributed by atoms with Crippen molar-refractivity contribution in [2.24, 2.45) is 11.1 Å². The van der Waals surface area contributed by atoms with Crippen LogP contribution in [-0.2, 0) is 19.9 Å². The summed E-state index contributed by atoms with van der Waals surface area (Å²) >= 11 is 5.72. The number of primary amides is 1. The molecular formula is C14H15ClFNO4. The van der Waals surface area contributed by atoms with Crippen molar-refractivity contribution in [2.45, 2.75) is 24.9 Å². The predicted octanol–water partition coefficient (Wildman–Crippen LogP) is 1.50. The Morgan fingerprint density at radius 2 is 2.14 bits per heavy atom. The van der Waals surface area contributed by atoms with Crippen LogP contribution in [0.25, 0.3) is 0 Å². The largest absolute Gasteiger partial charge is 0.468 e. The van der Waals surface area contributed by atoms with Gasteiger partial charge >= 0.3 is 5.97 Å². The first-order chi connectivity index (χ1) is 9.76. The first-order valence-corrected chi connectivity index (χ1v) is 6.69. The van der Waals surface area contributed by atoms with Crippen molar-refractivity contribution in [1.82, 2.24) is 0 Å². The monoisotopic (exact) mass is 315 g/mol. The molecule has 1 amide bonds. The number of hydrogen-bond acceptors (Lipinski definition) is 4. The van der Waals surface area contributed by atoms with Gasteiger partial charge in [0.25, 0.3) is 0 Å². The van der Waals surface area contributed by atoms with E-state index in [0.29, 0.717) is 12.8 Å². The third-order valence-corrected chi connectivity index (χ3v) is 4.23. The maximum atomic E-state index is 13.3. The van der Waals surface area contributed by atoms with Gasteiger partial charge in [0.05, 0.1) is 18.6 Å². The Labute approximate surface area is 125 Å². The number of ether oxygens (including phenoxy) is 1. The molecule has 0 heterocycles. The molecule has 5 nitrogen and oxygen atoms in total. The fourth-order valence-electron chi connectivity index (χ4n) is 2.66. The van der Waals surface area contributed by atoms with Crippen LogP contribution >= 0.6 is 11.6 Å². The zero-order chi connectivity index (χ0) is 15.8. The number of benzene rings is 1. The highest BCUT2D eigenvalue weighted by atomic mass is 35.5. The Balaban J connectivity index is 2.54. The molecule has 0 radical (unpaired) electrons. The van der Waals surface area contributed by atoms with Crippen molar-refractivity contribution in [1.29, 1.82) is 0 Å². The van der Waals surface area contributed by atoms with Gasteiger partial charge in [-0.3, -0.25) is 9.59 Å². The zero-order valence-corrected chi connectivity index (χ0v) is 12.1. The fourth-order valence-corrected chi connectivity index (χ4v) is 2.84. The summed E-state index contributed by atoms with van der Waals surface area (Å²) < 4.78 is 18.0. The number of nitrogens with two attached hydrogens (primary N) is 1.